The van der Waals surface area contributed by atoms with E-state index < -0.39 is 10.8 Å². The number of nitrogens with zero attached hydrogens (tertiary/aromatic N) is 2. The first-order chi connectivity index (χ1) is 12.5. The highest BCUT2D eigenvalue weighted by Gasteiger charge is 2.13. The zero-order valence-corrected chi connectivity index (χ0v) is 14.0. The fourth-order valence-corrected chi connectivity index (χ4v) is 2.68. The molecule has 0 unspecified atom stereocenters. The molecule has 0 saturated carbocycles. The number of carbonyl (C=O) groups excluding carboxylic acids is 2. The van der Waals surface area contributed by atoms with Gasteiger partial charge in [-0.15, -0.1) is 11.3 Å². The van der Waals surface area contributed by atoms with E-state index in [1.54, 1.807) is 29.8 Å². The number of carbonyl (C=O) groups is 2. The molecule has 0 fully saturated rings. The molecule has 3 rings (SSSR count). The maximum absolute atomic E-state index is 12.3. The smallest absolute Gasteiger partial charge is 0.270 e. The van der Waals surface area contributed by atoms with Gasteiger partial charge in [0.05, 0.1) is 4.92 Å². The average Bonchev–Trinajstić information content (AvgIpc) is 3.15. The third-order valence-corrected chi connectivity index (χ3v) is 4.04. The van der Waals surface area contributed by atoms with Crippen LogP contribution < -0.4 is 10.6 Å². The molecule has 1 heterocycles. The second kappa shape index (κ2) is 7.53. The summed E-state index contributed by atoms with van der Waals surface area (Å²) in [5.41, 5.74) is 0.719. The van der Waals surface area contributed by atoms with E-state index in [9.17, 15) is 19.7 Å². The zero-order valence-electron chi connectivity index (χ0n) is 13.2. The first kappa shape index (κ1) is 17.2. The van der Waals surface area contributed by atoms with E-state index in [1.165, 1.54) is 41.7 Å². The van der Waals surface area contributed by atoms with Crippen molar-refractivity contribution in [3.05, 3.63) is 81.3 Å². The van der Waals surface area contributed by atoms with Crippen molar-refractivity contribution in [1.82, 2.24) is 4.98 Å². The monoisotopic (exact) mass is 368 g/mol. The van der Waals surface area contributed by atoms with Crippen molar-refractivity contribution in [3.63, 3.8) is 0 Å². The molecular formula is C17H12N4O4S. The minimum Gasteiger partial charge on any atom is -0.322 e. The van der Waals surface area contributed by atoms with Crippen molar-refractivity contribution in [3.8, 4) is 0 Å². The number of nitrogens with one attached hydrogen (secondary N) is 2. The van der Waals surface area contributed by atoms with E-state index in [2.05, 4.69) is 15.6 Å². The first-order valence-corrected chi connectivity index (χ1v) is 8.27. The topological polar surface area (TPSA) is 114 Å². The molecule has 0 saturated heterocycles. The quantitative estimate of drug-likeness (QED) is 0.528. The van der Waals surface area contributed by atoms with Crippen LogP contribution in [0.4, 0.5) is 16.5 Å². The zero-order chi connectivity index (χ0) is 18.5. The molecule has 1 aromatic heterocycles. The van der Waals surface area contributed by atoms with Crippen LogP contribution in [0.3, 0.4) is 0 Å². The molecular weight excluding hydrogens is 356 g/mol. The van der Waals surface area contributed by atoms with Gasteiger partial charge in [0.1, 0.15) is 0 Å². The Morgan fingerprint density at radius 2 is 1.69 bits per heavy atom. The lowest BCUT2D eigenvalue weighted by Crippen LogP contribution is -2.14. The van der Waals surface area contributed by atoms with Gasteiger partial charge in [-0.3, -0.25) is 25.0 Å². The number of non-ortho nitro benzene ring substituents is 1. The van der Waals surface area contributed by atoms with E-state index in [1.807, 2.05) is 0 Å². The normalized spacial score (nSPS) is 10.2. The fraction of sp³-hybridized carbons (Fsp3) is 0. The molecule has 0 bridgehead atoms. The summed E-state index contributed by atoms with van der Waals surface area (Å²) >= 11 is 1.29. The Labute approximate surface area is 151 Å². The number of hydrogen-bond acceptors (Lipinski definition) is 6. The highest BCUT2D eigenvalue weighted by Crippen LogP contribution is 2.17. The van der Waals surface area contributed by atoms with Gasteiger partial charge >= 0.3 is 0 Å². The number of hydrogen-bond donors (Lipinski definition) is 2. The van der Waals surface area contributed by atoms with Gasteiger partial charge in [-0.1, -0.05) is 12.1 Å². The summed E-state index contributed by atoms with van der Waals surface area (Å²) in [5, 5.41) is 18.3. The van der Waals surface area contributed by atoms with Crippen molar-refractivity contribution >= 4 is 39.7 Å². The van der Waals surface area contributed by atoms with Crippen molar-refractivity contribution < 1.29 is 14.5 Å². The number of benzene rings is 2. The molecule has 0 aliphatic rings. The van der Waals surface area contributed by atoms with Gasteiger partial charge in [-0.2, -0.15) is 0 Å². The van der Waals surface area contributed by atoms with E-state index in [0.717, 1.165) is 0 Å². The molecule has 2 N–H and O–H groups in total. The minimum absolute atomic E-state index is 0.150. The van der Waals surface area contributed by atoms with Crippen LogP contribution in [0, 0.1) is 10.1 Å². The Morgan fingerprint density at radius 1 is 1.00 bits per heavy atom. The van der Waals surface area contributed by atoms with Crippen LogP contribution in [0.1, 0.15) is 20.7 Å². The molecule has 0 spiro atoms. The highest BCUT2D eigenvalue weighted by molar-refractivity contribution is 7.13. The van der Waals surface area contributed by atoms with Crippen LogP contribution >= 0.6 is 11.3 Å². The first-order valence-electron chi connectivity index (χ1n) is 7.39. The van der Waals surface area contributed by atoms with Crippen molar-refractivity contribution in [1.29, 1.82) is 0 Å². The Kier molecular flexibility index (Phi) is 4.99. The molecule has 2 aromatic carbocycles. The second-order valence-corrected chi connectivity index (χ2v) is 6.03. The van der Waals surface area contributed by atoms with Crippen LogP contribution in [-0.2, 0) is 0 Å². The van der Waals surface area contributed by atoms with Crippen LogP contribution in [0.15, 0.2) is 60.1 Å². The lowest BCUT2D eigenvalue weighted by molar-refractivity contribution is -0.384. The van der Waals surface area contributed by atoms with E-state index in [-0.39, 0.29) is 17.2 Å². The number of anilines is 2. The summed E-state index contributed by atoms with van der Waals surface area (Å²) < 4.78 is 0. The third-order valence-electron chi connectivity index (χ3n) is 3.35. The average molecular weight is 368 g/mol. The van der Waals surface area contributed by atoms with E-state index >= 15 is 0 Å². The van der Waals surface area contributed by atoms with Gasteiger partial charge in [0, 0.05) is 40.5 Å². The number of thiazole rings is 1. The van der Waals surface area contributed by atoms with Crippen LogP contribution in [-0.4, -0.2) is 21.7 Å². The molecule has 0 atom stereocenters. The number of nitro groups is 1. The lowest BCUT2D eigenvalue weighted by atomic mass is 10.1. The summed E-state index contributed by atoms with van der Waals surface area (Å²) in [6.45, 7) is 0. The Morgan fingerprint density at radius 3 is 2.38 bits per heavy atom. The molecule has 26 heavy (non-hydrogen) atoms. The van der Waals surface area contributed by atoms with Gasteiger partial charge in [0.15, 0.2) is 5.13 Å². The van der Waals surface area contributed by atoms with Crippen molar-refractivity contribution in [2.45, 2.75) is 0 Å². The SMILES string of the molecule is O=C(Nc1cccc(C(=O)Nc2nccs2)c1)c1cccc([N+](=O)[O-])c1. The predicted molar refractivity (Wildman–Crippen MR) is 97.6 cm³/mol. The van der Waals surface area contributed by atoms with E-state index in [4.69, 9.17) is 0 Å². The third kappa shape index (κ3) is 4.08. The second-order valence-electron chi connectivity index (χ2n) is 5.13. The van der Waals surface area contributed by atoms with Gasteiger partial charge in [-0.05, 0) is 24.3 Å². The summed E-state index contributed by atoms with van der Waals surface area (Å²) in [6, 6.07) is 11.8. The Balaban J connectivity index is 1.74. The number of nitro benzene ring substituents is 1. The fourth-order valence-electron chi connectivity index (χ4n) is 2.16. The standard InChI is InChI=1S/C17H12N4O4S/c22-15(12-4-2-6-14(10-12)21(24)25)19-13-5-1-3-11(9-13)16(23)20-17-18-7-8-26-17/h1-10H,(H,19,22)(H,18,20,23). The van der Waals surface area contributed by atoms with Crippen LogP contribution in [0.2, 0.25) is 0 Å². The molecule has 3 aromatic rings. The van der Waals surface area contributed by atoms with Gasteiger partial charge in [0.2, 0.25) is 0 Å². The number of rotatable bonds is 5. The highest BCUT2D eigenvalue weighted by atomic mass is 32.1. The van der Waals surface area contributed by atoms with E-state index in [0.29, 0.717) is 16.4 Å². The summed E-state index contributed by atoms with van der Waals surface area (Å²) in [7, 11) is 0. The van der Waals surface area contributed by atoms with Gasteiger partial charge < -0.3 is 5.32 Å². The number of amides is 2. The van der Waals surface area contributed by atoms with Gasteiger partial charge in [-0.25, -0.2) is 4.98 Å². The molecule has 8 nitrogen and oxygen atoms in total. The summed E-state index contributed by atoms with van der Waals surface area (Å²) in [5.74, 6) is -0.863. The molecule has 2 amide bonds. The van der Waals surface area contributed by atoms with Crippen LogP contribution in [0.25, 0.3) is 0 Å². The largest absolute Gasteiger partial charge is 0.322 e. The van der Waals surface area contributed by atoms with Crippen molar-refractivity contribution in [2.75, 3.05) is 10.6 Å². The predicted octanol–water partition coefficient (Wildman–Crippen LogP) is 3.56. The number of aromatic nitrogens is 1. The summed E-state index contributed by atoms with van der Waals surface area (Å²) in [4.78, 5) is 38.7. The summed E-state index contributed by atoms with van der Waals surface area (Å²) in [6.07, 6.45) is 1.58. The molecule has 0 radical (unpaired) electrons. The Hall–Kier alpha value is -3.59. The molecule has 130 valence electrons. The maximum Gasteiger partial charge on any atom is 0.270 e. The minimum atomic E-state index is -0.569. The van der Waals surface area contributed by atoms with Gasteiger partial charge in [0.25, 0.3) is 17.5 Å². The lowest BCUT2D eigenvalue weighted by Gasteiger charge is -2.07. The molecule has 0 aliphatic heterocycles. The molecule has 0 aliphatic carbocycles. The Bertz CT molecular complexity index is 972. The van der Waals surface area contributed by atoms with Crippen LogP contribution in [0.5, 0.6) is 0 Å². The maximum atomic E-state index is 12.3. The molecule has 9 heteroatoms. The van der Waals surface area contributed by atoms with Crippen molar-refractivity contribution in [2.24, 2.45) is 0 Å².